The Balaban J connectivity index is 1.89. The van der Waals surface area contributed by atoms with Crippen molar-refractivity contribution in [3.63, 3.8) is 0 Å². The molecule has 25 heavy (non-hydrogen) atoms. The summed E-state index contributed by atoms with van der Waals surface area (Å²) in [6, 6.07) is 11.5. The fourth-order valence-electron chi connectivity index (χ4n) is 2.15. The first-order valence-electron chi connectivity index (χ1n) is 7.84. The highest BCUT2D eigenvalue weighted by Crippen LogP contribution is 2.18. The largest absolute Gasteiger partial charge is 0.494 e. The second-order valence-electron chi connectivity index (χ2n) is 5.31. The Bertz CT molecular complexity index is 779. The molecule has 0 atom stereocenters. The molecule has 5 heteroatoms. The molecule has 2 aromatic rings. The molecule has 0 radical (unpaired) electrons. The lowest BCUT2D eigenvalue weighted by Crippen LogP contribution is -2.12. The van der Waals surface area contributed by atoms with Crippen LogP contribution in [-0.4, -0.2) is 25.5 Å². The number of hydrogen-bond acceptors (Lipinski definition) is 4. The molecule has 0 amide bonds. The SMILES string of the molecule is CCc1ccc(C(=O)COC(=O)/C=C/c2ccc(OC)c(F)c2)cc1. The van der Waals surface area contributed by atoms with E-state index in [0.717, 1.165) is 18.1 Å². The maximum absolute atomic E-state index is 13.6. The molecule has 0 fully saturated rings. The molecular formula is C20H19FO4. The molecule has 0 saturated carbocycles. The average Bonchev–Trinajstić information content (AvgIpc) is 2.64. The van der Waals surface area contributed by atoms with E-state index < -0.39 is 11.8 Å². The van der Waals surface area contributed by atoms with Crippen molar-refractivity contribution in [1.82, 2.24) is 0 Å². The van der Waals surface area contributed by atoms with Gasteiger partial charge in [0.25, 0.3) is 0 Å². The average molecular weight is 342 g/mol. The van der Waals surface area contributed by atoms with Gasteiger partial charge in [0.2, 0.25) is 0 Å². The molecule has 0 bridgehead atoms. The first-order valence-corrected chi connectivity index (χ1v) is 7.84. The summed E-state index contributed by atoms with van der Waals surface area (Å²) in [5.74, 6) is -1.35. The number of esters is 1. The van der Waals surface area contributed by atoms with Gasteiger partial charge in [-0.2, -0.15) is 0 Å². The monoisotopic (exact) mass is 342 g/mol. The van der Waals surface area contributed by atoms with E-state index in [9.17, 15) is 14.0 Å². The summed E-state index contributed by atoms with van der Waals surface area (Å²) in [6.07, 6.45) is 3.44. The lowest BCUT2D eigenvalue weighted by Gasteiger charge is -2.03. The van der Waals surface area contributed by atoms with Crippen LogP contribution in [0.4, 0.5) is 4.39 Å². The molecule has 0 aliphatic heterocycles. The predicted octanol–water partition coefficient (Wildman–Crippen LogP) is 3.84. The number of methoxy groups -OCH3 is 1. The number of benzene rings is 2. The Labute approximate surface area is 145 Å². The third-order valence-electron chi connectivity index (χ3n) is 3.62. The van der Waals surface area contributed by atoms with Gasteiger partial charge in [0.05, 0.1) is 7.11 Å². The van der Waals surface area contributed by atoms with Crippen molar-refractivity contribution >= 4 is 17.8 Å². The van der Waals surface area contributed by atoms with Gasteiger partial charge in [0.1, 0.15) is 0 Å². The number of rotatable bonds is 7. The fraction of sp³-hybridized carbons (Fsp3) is 0.200. The van der Waals surface area contributed by atoms with Crippen molar-refractivity contribution in [3.05, 3.63) is 71.0 Å². The first-order chi connectivity index (χ1) is 12.0. The molecule has 0 unspecified atom stereocenters. The van der Waals surface area contributed by atoms with E-state index in [1.54, 1.807) is 18.2 Å². The summed E-state index contributed by atoms with van der Waals surface area (Å²) in [7, 11) is 1.37. The van der Waals surface area contributed by atoms with Gasteiger partial charge in [-0.3, -0.25) is 4.79 Å². The van der Waals surface area contributed by atoms with Crippen LogP contribution in [0.3, 0.4) is 0 Å². The van der Waals surface area contributed by atoms with E-state index >= 15 is 0 Å². The number of Topliss-reactive ketones (excluding diaryl/α,β-unsaturated/α-hetero) is 1. The van der Waals surface area contributed by atoms with Crippen LogP contribution in [0.15, 0.2) is 48.5 Å². The lowest BCUT2D eigenvalue weighted by atomic mass is 10.1. The number of hydrogen-bond donors (Lipinski definition) is 0. The van der Waals surface area contributed by atoms with Gasteiger partial charge >= 0.3 is 5.97 Å². The minimum atomic E-state index is -0.672. The Morgan fingerprint density at radius 3 is 2.44 bits per heavy atom. The molecule has 0 aliphatic rings. The van der Waals surface area contributed by atoms with Crippen LogP contribution >= 0.6 is 0 Å². The highest BCUT2D eigenvalue weighted by molar-refractivity contribution is 5.98. The van der Waals surface area contributed by atoms with E-state index in [4.69, 9.17) is 9.47 Å². The summed E-state index contributed by atoms with van der Waals surface area (Å²) in [4.78, 5) is 23.7. The van der Waals surface area contributed by atoms with Crippen LogP contribution in [0.5, 0.6) is 5.75 Å². The van der Waals surface area contributed by atoms with Gasteiger partial charge in [-0.05, 0) is 35.8 Å². The standard InChI is InChI=1S/C20H19FO4/c1-3-14-4-8-16(9-5-14)18(22)13-25-20(23)11-7-15-6-10-19(24-2)17(21)12-15/h4-12H,3,13H2,1-2H3/b11-7+. The van der Waals surface area contributed by atoms with Crippen LogP contribution in [-0.2, 0) is 16.0 Å². The van der Waals surface area contributed by atoms with E-state index in [-0.39, 0.29) is 18.1 Å². The van der Waals surface area contributed by atoms with Crippen LogP contribution in [0.1, 0.15) is 28.4 Å². The quantitative estimate of drug-likeness (QED) is 0.436. The third kappa shape index (κ3) is 5.28. The molecule has 0 aromatic heterocycles. The smallest absolute Gasteiger partial charge is 0.331 e. The molecule has 4 nitrogen and oxygen atoms in total. The van der Waals surface area contributed by atoms with Gasteiger partial charge < -0.3 is 9.47 Å². The van der Waals surface area contributed by atoms with Gasteiger partial charge in [-0.15, -0.1) is 0 Å². The summed E-state index contributed by atoms with van der Waals surface area (Å²) < 4.78 is 23.3. The summed E-state index contributed by atoms with van der Waals surface area (Å²) in [6.45, 7) is 1.69. The minimum absolute atomic E-state index is 0.124. The fourth-order valence-corrected chi connectivity index (χ4v) is 2.15. The van der Waals surface area contributed by atoms with Crippen LogP contribution < -0.4 is 4.74 Å². The topological polar surface area (TPSA) is 52.6 Å². The molecule has 2 rings (SSSR count). The van der Waals surface area contributed by atoms with Crippen molar-refractivity contribution in [1.29, 1.82) is 0 Å². The Morgan fingerprint density at radius 2 is 1.84 bits per heavy atom. The summed E-state index contributed by atoms with van der Waals surface area (Å²) >= 11 is 0. The van der Waals surface area contributed by atoms with Gasteiger partial charge in [-0.25, -0.2) is 9.18 Å². The summed E-state index contributed by atoms with van der Waals surface area (Å²) in [5, 5.41) is 0. The zero-order valence-electron chi connectivity index (χ0n) is 14.1. The molecule has 0 heterocycles. The summed E-state index contributed by atoms with van der Waals surface area (Å²) in [5.41, 5.74) is 2.10. The zero-order valence-corrected chi connectivity index (χ0v) is 14.1. The van der Waals surface area contributed by atoms with Crippen molar-refractivity contribution < 1.29 is 23.5 Å². The molecule has 130 valence electrons. The van der Waals surface area contributed by atoms with Crippen molar-refractivity contribution in [3.8, 4) is 5.75 Å². The van der Waals surface area contributed by atoms with E-state index in [0.29, 0.717) is 11.1 Å². The third-order valence-corrected chi connectivity index (χ3v) is 3.62. The lowest BCUT2D eigenvalue weighted by molar-refractivity contribution is -0.136. The molecular weight excluding hydrogens is 323 g/mol. The van der Waals surface area contributed by atoms with E-state index in [1.807, 2.05) is 19.1 Å². The maximum atomic E-state index is 13.6. The number of aryl methyl sites for hydroxylation is 1. The van der Waals surface area contributed by atoms with Gasteiger partial charge in [-0.1, -0.05) is 37.3 Å². The second kappa shape index (κ2) is 8.78. The highest BCUT2D eigenvalue weighted by Gasteiger charge is 2.08. The van der Waals surface area contributed by atoms with Crippen LogP contribution in [0, 0.1) is 5.82 Å². The van der Waals surface area contributed by atoms with Crippen molar-refractivity contribution in [2.45, 2.75) is 13.3 Å². The maximum Gasteiger partial charge on any atom is 0.331 e. The number of ether oxygens (including phenoxy) is 2. The van der Waals surface area contributed by atoms with E-state index in [1.165, 1.54) is 25.3 Å². The Kier molecular flexibility index (Phi) is 6.46. The molecule has 0 N–H and O–H groups in total. The number of carbonyl (C=O) groups is 2. The van der Waals surface area contributed by atoms with Gasteiger partial charge in [0, 0.05) is 11.6 Å². The number of carbonyl (C=O) groups excluding carboxylic acids is 2. The van der Waals surface area contributed by atoms with Crippen LogP contribution in [0.2, 0.25) is 0 Å². The van der Waals surface area contributed by atoms with E-state index in [2.05, 4.69) is 0 Å². The van der Waals surface area contributed by atoms with Gasteiger partial charge in [0.15, 0.2) is 24.0 Å². The highest BCUT2D eigenvalue weighted by atomic mass is 19.1. The molecule has 0 spiro atoms. The molecule has 0 aliphatic carbocycles. The minimum Gasteiger partial charge on any atom is -0.494 e. The van der Waals surface area contributed by atoms with Crippen LogP contribution in [0.25, 0.3) is 6.08 Å². The normalized spacial score (nSPS) is 10.7. The second-order valence-corrected chi connectivity index (χ2v) is 5.31. The van der Waals surface area contributed by atoms with Crippen molar-refractivity contribution in [2.24, 2.45) is 0 Å². The Morgan fingerprint density at radius 1 is 1.12 bits per heavy atom. The first kappa shape index (κ1) is 18.4. The number of ketones is 1. The number of halogens is 1. The Hall–Kier alpha value is -2.95. The predicted molar refractivity (Wildman–Crippen MR) is 93.1 cm³/mol. The molecule has 0 saturated heterocycles. The van der Waals surface area contributed by atoms with Crippen molar-refractivity contribution in [2.75, 3.05) is 13.7 Å². The molecule has 2 aromatic carbocycles. The zero-order chi connectivity index (χ0) is 18.2.